The maximum atomic E-state index is 11.7. The molecule has 4 nitrogen and oxygen atoms in total. The van der Waals surface area contributed by atoms with Crippen LogP contribution in [0.5, 0.6) is 5.75 Å². The van der Waals surface area contributed by atoms with Crippen LogP contribution in [-0.4, -0.2) is 26.1 Å². The Bertz CT molecular complexity index is 397. The summed E-state index contributed by atoms with van der Waals surface area (Å²) in [6.45, 7) is 0.762. The van der Waals surface area contributed by atoms with E-state index in [2.05, 4.69) is 5.32 Å². The summed E-state index contributed by atoms with van der Waals surface area (Å²) in [7, 11) is 1.46. The minimum absolute atomic E-state index is 0.291. The van der Waals surface area contributed by atoms with Crippen molar-refractivity contribution in [1.29, 1.82) is 0 Å². The standard InChI is InChI=1S/C10H12Cl2N2O2/c1-16-9-5-8(12)7(11)4-6(9)10(15)14-3-2-13/h4-5H,2-3,13H2,1H3,(H,14,15). The zero-order valence-corrected chi connectivity index (χ0v) is 10.2. The first-order valence-electron chi connectivity index (χ1n) is 4.61. The molecule has 0 fully saturated rings. The summed E-state index contributed by atoms with van der Waals surface area (Å²) in [4.78, 5) is 11.7. The smallest absolute Gasteiger partial charge is 0.255 e. The molecular formula is C10H12Cl2N2O2. The normalized spacial score (nSPS) is 10.0. The minimum Gasteiger partial charge on any atom is -0.496 e. The highest BCUT2D eigenvalue weighted by atomic mass is 35.5. The van der Waals surface area contributed by atoms with E-state index < -0.39 is 0 Å². The summed E-state index contributed by atoms with van der Waals surface area (Å²) in [5.41, 5.74) is 5.62. The molecule has 0 radical (unpaired) electrons. The van der Waals surface area contributed by atoms with E-state index in [0.29, 0.717) is 34.4 Å². The number of nitrogens with one attached hydrogen (secondary N) is 1. The zero-order valence-electron chi connectivity index (χ0n) is 8.72. The molecule has 1 aromatic carbocycles. The van der Waals surface area contributed by atoms with Gasteiger partial charge in [0.25, 0.3) is 5.91 Å². The fourth-order valence-corrected chi connectivity index (χ4v) is 1.47. The summed E-state index contributed by atoms with van der Waals surface area (Å²) in [5.74, 6) is 0.0878. The van der Waals surface area contributed by atoms with Crippen molar-refractivity contribution in [1.82, 2.24) is 5.32 Å². The number of carbonyl (C=O) groups excluding carboxylic acids is 1. The number of methoxy groups -OCH3 is 1. The number of hydrogen-bond donors (Lipinski definition) is 2. The molecule has 0 saturated carbocycles. The van der Waals surface area contributed by atoms with Gasteiger partial charge in [0, 0.05) is 19.2 Å². The van der Waals surface area contributed by atoms with Gasteiger partial charge in [-0.1, -0.05) is 23.2 Å². The van der Waals surface area contributed by atoms with Gasteiger partial charge in [-0.15, -0.1) is 0 Å². The van der Waals surface area contributed by atoms with Crippen LogP contribution in [0.4, 0.5) is 0 Å². The molecule has 0 heterocycles. The fraction of sp³-hybridized carbons (Fsp3) is 0.300. The first kappa shape index (κ1) is 13.1. The van der Waals surface area contributed by atoms with Crippen molar-refractivity contribution in [3.63, 3.8) is 0 Å². The molecule has 0 aliphatic carbocycles. The maximum absolute atomic E-state index is 11.7. The van der Waals surface area contributed by atoms with Gasteiger partial charge >= 0.3 is 0 Å². The van der Waals surface area contributed by atoms with Crippen LogP contribution in [-0.2, 0) is 0 Å². The molecule has 0 aliphatic heterocycles. The van der Waals surface area contributed by atoms with E-state index in [-0.39, 0.29) is 5.91 Å². The van der Waals surface area contributed by atoms with Crippen LogP contribution in [0, 0.1) is 0 Å². The van der Waals surface area contributed by atoms with E-state index in [1.54, 1.807) is 0 Å². The second-order valence-electron chi connectivity index (χ2n) is 3.01. The minimum atomic E-state index is -0.291. The summed E-state index contributed by atoms with van der Waals surface area (Å²) < 4.78 is 5.05. The molecule has 88 valence electrons. The summed E-state index contributed by atoms with van der Waals surface area (Å²) >= 11 is 11.6. The lowest BCUT2D eigenvalue weighted by Crippen LogP contribution is -2.29. The second kappa shape index (κ2) is 5.94. The van der Waals surface area contributed by atoms with Gasteiger partial charge in [0.1, 0.15) is 5.75 Å². The highest BCUT2D eigenvalue weighted by Gasteiger charge is 2.14. The van der Waals surface area contributed by atoms with Crippen LogP contribution in [0.2, 0.25) is 10.0 Å². The number of benzene rings is 1. The van der Waals surface area contributed by atoms with E-state index in [1.807, 2.05) is 0 Å². The van der Waals surface area contributed by atoms with E-state index in [0.717, 1.165) is 0 Å². The molecule has 6 heteroatoms. The number of carbonyl (C=O) groups is 1. The highest BCUT2D eigenvalue weighted by molar-refractivity contribution is 6.42. The lowest BCUT2D eigenvalue weighted by atomic mass is 10.2. The van der Waals surface area contributed by atoms with Gasteiger partial charge in [-0.25, -0.2) is 0 Å². The van der Waals surface area contributed by atoms with Crippen molar-refractivity contribution >= 4 is 29.1 Å². The second-order valence-corrected chi connectivity index (χ2v) is 3.83. The van der Waals surface area contributed by atoms with Gasteiger partial charge < -0.3 is 15.8 Å². The summed E-state index contributed by atoms with van der Waals surface area (Å²) in [5, 5.41) is 3.27. The quantitative estimate of drug-likeness (QED) is 0.868. The molecule has 0 unspecified atom stereocenters. The molecule has 0 bridgehead atoms. The number of rotatable bonds is 4. The average molecular weight is 263 g/mol. The molecule has 1 rings (SSSR count). The molecule has 0 spiro atoms. The van der Waals surface area contributed by atoms with Crippen molar-refractivity contribution in [2.24, 2.45) is 5.73 Å². The predicted molar refractivity (Wildman–Crippen MR) is 64.4 cm³/mol. The van der Waals surface area contributed by atoms with Gasteiger partial charge in [0.15, 0.2) is 0 Å². The monoisotopic (exact) mass is 262 g/mol. The van der Waals surface area contributed by atoms with Gasteiger partial charge in [-0.05, 0) is 6.07 Å². The first-order chi connectivity index (χ1) is 7.60. The SMILES string of the molecule is COc1cc(Cl)c(Cl)cc1C(=O)NCCN. The van der Waals surface area contributed by atoms with Crippen LogP contribution < -0.4 is 15.8 Å². The van der Waals surface area contributed by atoms with Crippen LogP contribution in [0.15, 0.2) is 12.1 Å². The van der Waals surface area contributed by atoms with Crippen molar-refractivity contribution in [3.05, 3.63) is 27.7 Å². The van der Waals surface area contributed by atoms with E-state index >= 15 is 0 Å². The average Bonchev–Trinajstić information content (AvgIpc) is 2.28. The largest absolute Gasteiger partial charge is 0.496 e. The number of ether oxygens (including phenoxy) is 1. The summed E-state index contributed by atoms with van der Waals surface area (Å²) in [6, 6.07) is 2.97. The molecule has 16 heavy (non-hydrogen) atoms. The van der Waals surface area contributed by atoms with Crippen LogP contribution in [0.1, 0.15) is 10.4 Å². The van der Waals surface area contributed by atoms with Crippen LogP contribution in [0.3, 0.4) is 0 Å². The Kier molecular flexibility index (Phi) is 4.86. The van der Waals surface area contributed by atoms with Crippen LogP contribution in [0.25, 0.3) is 0 Å². The zero-order chi connectivity index (χ0) is 12.1. The Balaban J connectivity index is 3.02. The third kappa shape index (κ3) is 3.01. The Labute approximate surface area is 104 Å². The summed E-state index contributed by atoms with van der Waals surface area (Å²) in [6.07, 6.45) is 0. The third-order valence-corrected chi connectivity index (χ3v) is 2.64. The predicted octanol–water partition coefficient (Wildman–Crippen LogP) is 1.69. The molecule has 0 aliphatic rings. The van der Waals surface area contributed by atoms with E-state index in [1.165, 1.54) is 19.2 Å². The van der Waals surface area contributed by atoms with Gasteiger partial charge in [-0.3, -0.25) is 4.79 Å². The van der Waals surface area contributed by atoms with Gasteiger partial charge in [-0.2, -0.15) is 0 Å². The Morgan fingerprint density at radius 1 is 1.44 bits per heavy atom. The number of halogens is 2. The number of nitrogens with two attached hydrogens (primary N) is 1. The van der Waals surface area contributed by atoms with Crippen molar-refractivity contribution in [2.75, 3.05) is 20.2 Å². The topological polar surface area (TPSA) is 64.3 Å². The number of amides is 1. The number of hydrogen-bond acceptors (Lipinski definition) is 3. The van der Waals surface area contributed by atoms with Crippen molar-refractivity contribution in [3.8, 4) is 5.75 Å². The lowest BCUT2D eigenvalue weighted by Gasteiger charge is -2.10. The van der Waals surface area contributed by atoms with Crippen molar-refractivity contribution in [2.45, 2.75) is 0 Å². The van der Waals surface area contributed by atoms with Gasteiger partial charge in [0.05, 0.1) is 22.7 Å². The lowest BCUT2D eigenvalue weighted by molar-refractivity contribution is 0.0952. The van der Waals surface area contributed by atoms with Crippen LogP contribution >= 0.6 is 23.2 Å². The highest BCUT2D eigenvalue weighted by Crippen LogP contribution is 2.30. The Hall–Kier alpha value is -0.970. The molecular weight excluding hydrogens is 251 g/mol. The first-order valence-corrected chi connectivity index (χ1v) is 5.37. The fourth-order valence-electron chi connectivity index (χ4n) is 1.16. The molecule has 3 N–H and O–H groups in total. The molecule has 0 atom stereocenters. The van der Waals surface area contributed by atoms with E-state index in [9.17, 15) is 4.79 Å². The molecule has 0 aromatic heterocycles. The molecule has 1 amide bonds. The third-order valence-electron chi connectivity index (χ3n) is 1.92. The molecule has 0 saturated heterocycles. The van der Waals surface area contributed by atoms with Gasteiger partial charge in [0.2, 0.25) is 0 Å². The van der Waals surface area contributed by atoms with E-state index in [4.69, 9.17) is 33.7 Å². The Morgan fingerprint density at radius 2 is 2.06 bits per heavy atom. The Morgan fingerprint density at radius 3 is 2.62 bits per heavy atom. The molecule has 1 aromatic rings. The van der Waals surface area contributed by atoms with Crippen molar-refractivity contribution < 1.29 is 9.53 Å². The maximum Gasteiger partial charge on any atom is 0.255 e.